The number of anilines is 1. The third-order valence-electron chi connectivity index (χ3n) is 1.52. The van der Waals surface area contributed by atoms with Crippen LogP contribution in [0.3, 0.4) is 0 Å². The second-order valence-electron chi connectivity index (χ2n) is 2.48. The summed E-state index contributed by atoms with van der Waals surface area (Å²) in [6, 6.07) is 2.88. The lowest BCUT2D eigenvalue weighted by atomic mass is 10.4. The largest absolute Gasteiger partial charge is 0.453 e. The summed E-state index contributed by atoms with van der Waals surface area (Å²) >= 11 is 0. The van der Waals surface area contributed by atoms with Crippen LogP contribution >= 0.6 is 0 Å². The summed E-state index contributed by atoms with van der Waals surface area (Å²) in [5.74, 6) is 0. The van der Waals surface area contributed by atoms with Gasteiger partial charge in [-0.15, -0.1) is 0 Å². The van der Waals surface area contributed by atoms with Gasteiger partial charge in [-0.1, -0.05) is 0 Å². The normalized spacial score (nSPS) is 9.38. The van der Waals surface area contributed by atoms with Gasteiger partial charge in [-0.3, -0.25) is 10.1 Å². The summed E-state index contributed by atoms with van der Waals surface area (Å²) in [7, 11) is 2.88. The first kappa shape index (κ1) is 9.31. The van der Waals surface area contributed by atoms with E-state index < -0.39 is 6.09 Å². The number of carbonyl (C=O) groups excluding carboxylic acids is 1. The fourth-order valence-corrected chi connectivity index (χ4v) is 0.837. The minimum absolute atomic E-state index is 0.129. The van der Waals surface area contributed by atoms with E-state index in [0.29, 0.717) is 5.69 Å². The summed E-state index contributed by atoms with van der Waals surface area (Å²) in [6.07, 6.45) is 0.956. The maximum absolute atomic E-state index is 10.9. The van der Waals surface area contributed by atoms with Crippen LogP contribution in [0, 0.1) is 0 Å². The molecule has 0 bridgehead atoms. The van der Waals surface area contributed by atoms with Crippen LogP contribution in [0.4, 0.5) is 10.5 Å². The lowest BCUT2D eigenvalue weighted by Crippen LogP contribution is -2.17. The van der Waals surface area contributed by atoms with Crippen molar-refractivity contribution in [2.24, 2.45) is 7.05 Å². The number of nitrogens with one attached hydrogen (secondary N) is 1. The highest BCUT2D eigenvalue weighted by molar-refractivity contribution is 5.84. The Labute approximate surface area is 74.9 Å². The highest BCUT2D eigenvalue weighted by Crippen LogP contribution is 2.01. The van der Waals surface area contributed by atoms with Crippen LogP contribution in [0.5, 0.6) is 0 Å². The summed E-state index contributed by atoms with van der Waals surface area (Å²) in [5, 5.41) is 2.44. The van der Waals surface area contributed by atoms with Crippen LogP contribution in [-0.2, 0) is 11.8 Å². The third-order valence-corrected chi connectivity index (χ3v) is 1.52. The standard InChI is InChI=1S/C8H10N2O3/c1-10-5-6(3-4-7(10)11)9-8(12)13-2/h3-5H,1-2H3,(H,9,12). The van der Waals surface area contributed by atoms with Crippen molar-refractivity contribution in [1.82, 2.24) is 4.57 Å². The number of ether oxygens (including phenoxy) is 1. The van der Waals surface area contributed by atoms with Crippen LogP contribution in [-0.4, -0.2) is 17.8 Å². The van der Waals surface area contributed by atoms with E-state index in [-0.39, 0.29) is 5.56 Å². The van der Waals surface area contributed by atoms with Crippen molar-refractivity contribution in [2.45, 2.75) is 0 Å². The van der Waals surface area contributed by atoms with Gasteiger partial charge in [-0.25, -0.2) is 4.79 Å². The van der Waals surface area contributed by atoms with E-state index >= 15 is 0 Å². The SMILES string of the molecule is COC(=O)Nc1ccc(=O)n(C)c1. The van der Waals surface area contributed by atoms with Crippen LogP contribution < -0.4 is 10.9 Å². The molecule has 1 amide bonds. The monoisotopic (exact) mass is 182 g/mol. The van der Waals surface area contributed by atoms with Crippen molar-refractivity contribution in [3.05, 3.63) is 28.7 Å². The Morgan fingerprint density at radius 2 is 2.23 bits per heavy atom. The van der Waals surface area contributed by atoms with Crippen molar-refractivity contribution < 1.29 is 9.53 Å². The maximum atomic E-state index is 10.9. The van der Waals surface area contributed by atoms with Crippen molar-refractivity contribution in [1.29, 1.82) is 0 Å². The first-order chi connectivity index (χ1) is 6.13. The van der Waals surface area contributed by atoms with Crippen LogP contribution in [0.1, 0.15) is 0 Å². The topological polar surface area (TPSA) is 60.3 Å². The van der Waals surface area contributed by atoms with Gasteiger partial charge < -0.3 is 9.30 Å². The van der Waals surface area contributed by atoms with E-state index in [1.807, 2.05) is 0 Å². The number of nitrogens with zero attached hydrogens (tertiary/aromatic N) is 1. The summed E-state index contributed by atoms with van der Waals surface area (Å²) in [4.78, 5) is 21.7. The van der Waals surface area contributed by atoms with Gasteiger partial charge in [-0.05, 0) is 6.07 Å². The Kier molecular flexibility index (Phi) is 2.69. The van der Waals surface area contributed by atoms with Crippen molar-refractivity contribution >= 4 is 11.8 Å². The summed E-state index contributed by atoms with van der Waals surface area (Å²) in [6.45, 7) is 0. The van der Waals surface area contributed by atoms with Gasteiger partial charge in [0.25, 0.3) is 0 Å². The Balaban J connectivity index is 2.86. The summed E-state index contributed by atoms with van der Waals surface area (Å²) < 4.78 is 5.75. The number of aromatic nitrogens is 1. The van der Waals surface area contributed by atoms with Crippen molar-refractivity contribution in [3.63, 3.8) is 0 Å². The van der Waals surface area contributed by atoms with Gasteiger partial charge in [0.05, 0.1) is 12.8 Å². The van der Waals surface area contributed by atoms with Gasteiger partial charge in [0.2, 0.25) is 5.56 Å². The van der Waals surface area contributed by atoms with Crippen molar-refractivity contribution in [3.8, 4) is 0 Å². The molecule has 0 saturated carbocycles. The zero-order valence-electron chi connectivity index (χ0n) is 7.40. The number of pyridine rings is 1. The molecule has 0 saturated heterocycles. The van der Waals surface area contributed by atoms with Gasteiger partial charge in [0.1, 0.15) is 0 Å². The van der Waals surface area contributed by atoms with E-state index in [0.717, 1.165) is 0 Å². The van der Waals surface area contributed by atoms with Crippen LogP contribution in [0.15, 0.2) is 23.1 Å². The third kappa shape index (κ3) is 2.33. The van der Waals surface area contributed by atoms with Gasteiger partial charge in [0.15, 0.2) is 0 Å². The van der Waals surface area contributed by atoms with E-state index in [2.05, 4.69) is 10.1 Å². The number of hydrogen-bond donors (Lipinski definition) is 1. The highest BCUT2D eigenvalue weighted by atomic mass is 16.5. The molecule has 0 unspecified atom stereocenters. The Morgan fingerprint density at radius 3 is 2.77 bits per heavy atom. The number of methoxy groups -OCH3 is 1. The quantitative estimate of drug-likeness (QED) is 0.690. The molecular formula is C8H10N2O3. The van der Waals surface area contributed by atoms with E-state index in [4.69, 9.17) is 0 Å². The molecule has 1 N–H and O–H groups in total. The predicted octanol–water partition coefficient (Wildman–Crippen LogP) is 0.564. The van der Waals surface area contributed by atoms with Crippen molar-refractivity contribution in [2.75, 3.05) is 12.4 Å². The molecule has 13 heavy (non-hydrogen) atoms. The zero-order valence-corrected chi connectivity index (χ0v) is 7.40. The minimum atomic E-state index is -0.557. The average molecular weight is 182 g/mol. The Morgan fingerprint density at radius 1 is 1.54 bits per heavy atom. The van der Waals surface area contributed by atoms with Gasteiger partial charge in [-0.2, -0.15) is 0 Å². The molecule has 70 valence electrons. The molecule has 1 heterocycles. The Bertz CT molecular complexity index is 370. The number of carbonyl (C=O) groups is 1. The molecule has 5 heteroatoms. The minimum Gasteiger partial charge on any atom is -0.453 e. The molecule has 0 spiro atoms. The second-order valence-corrected chi connectivity index (χ2v) is 2.48. The number of hydrogen-bond acceptors (Lipinski definition) is 3. The molecule has 0 fully saturated rings. The number of amides is 1. The zero-order chi connectivity index (χ0) is 9.84. The van der Waals surface area contributed by atoms with E-state index in [1.165, 1.54) is 30.0 Å². The molecule has 1 aromatic rings. The molecule has 1 aromatic heterocycles. The number of rotatable bonds is 1. The predicted molar refractivity (Wildman–Crippen MR) is 47.7 cm³/mol. The van der Waals surface area contributed by atoms with E-state index in [9.17, 15) is 9.59 Å². The molecule has 0 aliphatic heterocycles. The average Bonchev–Trinajstić information content (AvgIpc) is 2.11. The first-order valence-electron chi connectivity index (χ1n) is 3.65. The molecular weight excluding hydrogens is 172 g/mol. The van der Waals surface area contributed by atoms with Crippen LogP contribution in [0.25, 0.3) is 0 Å². The fraction of sp³-hybridized carbons (Fsp3) is 0.250. The molecule has 0 aromatic carbocycles. The molecule has 5 nitrogen and oxygen atoms in total. The van der Waals surface area contributed by atoms with Gasteiger partial charge >= 0.3 is 6.09 Å². The lowest BCUT2D eigenvalue weighted by molar-refractivity contribution is 0.187. The van der Waals surface area contributed by atoms with Crippen LogP contribution in [0.2, 0.25) is 0 Å². The molecule has 0 radical (unpaired) electrons. The first-order valence-corrected chi connectivity index (χ1v) is 3.65. The van der Waals surface area contributed by atoms with Gasteiger partial charge in [0, 0.05) is 19.3 Å². The molecule has 0 aliphatic rings. The summed E-state index contributed by atoms with van der Waals surface area (Å²) in [5.41, 5.74) is 0.393. The highest BCUT2D eigenvalue weighted by Gasteiger charge is 2.00. The number of aryl methyl sites for hydroxylation is 1. The maximum Gasteiger partial charge on any atom is 0.411 e. The second kappa shape index (κ2) is 3.75. The lowest BCUT2D eigenvalue weighted by Gasteiger charge is -2.04. The molecule has 0 aliphatic carbocycles. The van der Waals surface area contributed by atoms with E-state index in [1.54, 1.807) is 7.05 Å². The molecule has 1 rings (SSSR count). The Hall–Kier alpha value is -1.78. The molecule has 0 atom stereocenters. The smallest absolute Gasteiger partial charge is 0.411 e. The fourth-order valence-electron chi connectivity index (χ4n) is 0.837.